The summed E-state index contributed by atoms with van der Waals surface area (Å²) in [6.45, 7) is 55.9. The van der Waals surface area contributed by atoms with E-state index in [1.54, 1.807) is 48.6 Å². The molecule has 0 heteroatoms. The van der Waals surface area contributed by atoms with Crippen molar-refractivity contribution in [2.45, 2.75) is 0 Å². The third-order valence-electron chi connectivity index (χ3n) is 8.95. The fourth-order valence-electron chi connectivity index (χ4n) is 4.71. The molecule has 0 aliphatic carbocycles. The molecule has 0 radical (unpaired) electrons. The molecular weight excluding hydrogens is 961 g/mol. The van der Waals surface area contributed by atoms with Gasteiger partial charge in [0.15, 0.2) is 0 Å². The van der Waals surface area contributed by atoms with E-state index in [0.29, 0.717) is 0 Å². The number of rotatable bonds is 12. The van der Waals surface area contributed by atoms with Gasteiger partial charge >= 0.3 is 0 Å². The van der Waals surface area contributed by atoms with Crippen LogP contribution in [0.5, 0.6) is 0 Å². The maximum absolute atomic E-state index is 3.63. The summed E-state index contributed by atoms with van der Waals surface area (Å²) in [5.74, 6) is 0. The number of hydrogen-bond acceptors (Lipinski definition) is 0. The van der Waals surface area contributed by atoms with Crippen LogP contribution < -0.4 is 0 Å². The summed E-state index contributed by atoms with van der Waals surface area (Å²) < 4.78 is 0. The fourth-order valence-corrected chi connectivity index (χ4v) is 4.71. The Morgan fingerprint density at radius 3 is 0.237 bits per heavy atom. The summed E-state index contributed by atoms with van der Waals surface area (Å²) in [7, 11) is 0. The zero-order valence-electron chi connectivity index (χ0n) is 47.6. The van der Waals surface area contributed by atoms with Gasteiger partial charge < -0.3 is 0 Å². The predicted molar refractivity (Wildman–Crippen MR) is 374 cm³/mol. The molecule has 0 amide bonds. The lowest BCUT2D eigenvalue weighted by atomic mass is 10.2. The first-order chi connectivity index (χ1) is 39.1. The van der Waals surface area contributed by atoms with Crippen LogP contribution in [-0.2, 0) is 0 Å². The Morgan fingerprint density at radius 1 is 0.125 bits per heavy atom. The van der Waals surface area contributed by atoms with Gasteiger partial charge in [-0.1, -0.05) is 445 Å². The molecule has 0 heterocycles. The van der Waals surface area contributed by atoms with Crippen LogP contribution in [0.3, 0.4) is 0 Å². The van der Waals surface area contributed by atoms with Gasteiger partial charge in [0.1, 0.15) is 0 Å². The second kappa shape index (κ2) is 64.7. The summed E-state index contributed by atoms with van der Waals surface area (Å²) in [5.41, 5.74) is 9.39. The van der Waals surface area contributed by atoms with Crippen LogP contribution >= 0.6 is 0 Å². The van der Waals surface area contributed by atoms with Gasteiger partial charge in [-0.15, -0.1) is 0 Å². The number of hydrogen-bond donors (Lipinski definition) is 0. The Balaban J connectivity index is -0.000000398. The van der Waals surface area contributed by atoms with Crippen LogP contribution in [0.2, 0.25) is 0 Å². The molecule has 0 aliphatic heterocycles. The second-order valence-electron chi connectivity index (χ2n) is 14.8. The maximum Gasteiger partial charge on any atom is -0.0263 e. The van der Waals surface area contributed by atoms with E-state index in [1.807, 2.05) is 291 Å². The molecule has 8 rings (SSSR count). The van der Waals surface area contributed by atoms with Gasteiger partial charge in [0.2, 0.25) is 0 Å². The van der Waals surface area contributed by atoms with Gasteiger partial charge in [0, 0.05) is 0 Å². The third kappa shape index (κ3) is 55.4. The minimum Gasteiger partial charge on any atom is -0.0991 e. The van der Waals surface area contributed by atoms with Gasteiger partial charge in [-0.25, -0.2) is 0 Å². The molecule has 0 unspecified atom stereocenters. The van der Waals surface area contributed by atoms with Gasteiger partial charge in [0.25, 0.3) is 0 Å². The topological polar surface area (TPSA) is 0 Å². The highest BCUT2D eigenvalue weighted by molar-refractivity contribution is 5.50. The van der Waals surface area contributed by atoms with Crippen LogP contribution in [0.1, 0.15) is 44.5 Å². The summed E-state index contributed by atoms with van der Waals surface area (Å²) >= 11 is 0. The second-order valence-corrected chi connectivity index (χ2v) is 14.8. The van der Waals surface area contributed by atoms with Crippen molar-refractivity contribution < 1.29 is 0 Å². The zero-order chi connectivity index (χ0) is 60.2. The smallest absolute Gasteiger partial charge is 0.0263 e. The van der Waals surface area contributed by atoms with Gasteiger partial charge in [0.05, 0.1) is 0 Å². The van der Waals surface area contributed by atoms with Crippen LogP contribution in [0.25, 0.3) is 48.6 Å². The largest absolute Gasteiger partial charge is 0.0991 e. The molecule has 0 spiro atoms. The van der Waals surface area contributed by atoms with Gasteiger partial charge in [-0.05, 0) is 44.5 Å². The normalized spacial score (nSPS) is 7.80. The lowest BCUT2D eigenvalue weighted by Gasteiger charge is -1.85. The molecule has 8 aromatic rings. The van der Waals surface area contributed by atoms with E-state index in [1.165, 1.54) is 44.5 Å². The van der Waals surface area contributed by atoms with Crippen molar-refractivity contribution in [3.8, 4) is 0 Å². The van der Waals surface area contributed by atoms with E-state index in [4.69, 9.17) is 0 Å². The molecule has 0 nitrogen and oxygen atoms in total. The Kier molecular flexibility index (Phi) is 61.6. The minimum absolute atomic E-state index is 1.17. The lowest BCUT2D eigenvalue weighted by molar-refractivity contribution is 1.67. The molecule has 0 fully saturated rings. The van der Waals surface area contributed by atoms with Crippen molar-refractivity contribution in [2.75, 3.05) is 0 Å². The summed E-state index contributed by atoms with van der Waals surface area (Å²) in [6.07, 6.45) is 27.8. The monoisotopic (exact) mass is 1050 g/mol. The fraction of sp³-hybridized carbons (Fsp3) is 0. The third-order valence-corrected chi connectivity index (χ3v) is 8.95. The molecule has 0 atom stereocenters. The molecule has 0 aliphatic rings. The van der Waals surface area contributed by atoms with E-state index in [-0.39, 0.29) is 0 Å². The first-order valence-corrected chi connectivity index (χ1v) is 25.5. The van der Waals surface area contributed by atoms with Crippen molar-refractivity contribution in [2.24, 2.45) is 0 Å². The molecule has 80 heavy (non-hydrogen) atoms. The summed E-state index contributed by atoms with van der Waals surface area (Å²) in [6, 6.07) is 80.2. The Morgan fingerprint density at radius 2 is 0.200 bits per heavy atom. The van der Waals surface area contributed by atoms with Crippen LogP contribution in [0.4, 0.5) is 0 Å². The van der Waals surface area contributed by atoms with Gasteiger partial charge in [-0.3, -0.25) is 0 Å². The lowest BCUT2D eigenvalue weighted by Crippen LogP contribution is -1.63. The first-order valence-electron chi connectivity index (χ1n) is 25.5. The Hall–Kier alpha value is -10.4. The van der Waals surface area contributed by atoms with Crippen LogP contribution in [-0.4, -0.2) is 0 Å². The van der Waals surface area contributed by atoms with E-state index >= 15 is 0 Å². The van der Waals surface area contributed by atoms with Crippen molar-refractivity contribution >= 4 is 48.6 Å². The Bertz CT molecular complexity index is 2170. The highest BCUT2D eigenvalue weighted by Gasteiger charge is 1.81. The highest BCUT2D eigenvalue weighted by Crippen LogP contribution is 2.02. The van der Waals surface area contributed by atoms with Gasteiger partial charge in [-0.2, -0.15) is 0 Å². The average molecular weight is 1050 g/mol. The van der Waals surface area contributed by atoms with Crippen LogP contribution in [0, 0.1) is 0 Å². The first kappa shape index (κ1) is 76.1. The van der Waals surface area contributed by atoms with Crippen molar-refractivity contribution in [3.05, 3.63) is 441 Å². The standard InChI is InChI=1S/8C8H8.4C4H6/c8*1-2-8-6-4-3-5-7-8;4*1-3-4-2/h8*2-7H,1H2;4*3-4H,1-2H2. The molecule has 8 aromatic carbocycles. The highest BCUT2D eigenvalue weighted by atomic mass is 13.9. The zero-order valence-corrected chi connectivity index (χ0v) is 47.6. The molecule has 0 bridgehead atoms. The molecule has 0 saturated heterocycles. The Labute approximate surface area is 487 Å². The SMILES string of the molecule is C=CC=C.C=CC=C.C=CC=C.C=CC=C.C=Cc1ccccc1.C=Cc1ccccc1.C=Cc1ccccc1.C=Cc1ccccc1.C=Cc1ccccc1.C=Cc1ccccc1.C=Cc1ccccc1.C=Cc1ccccc1. The molecular formula is C80H88. The molecule has 0 aromatic heterocycles. The predicted octanol–water partition coefficient (Wildman–Crippen LogP) is 24.1. The van der Waals surface area contributed by atoms with Crippen molar-refractivity contribution in [3.63, 3.8) is 0 Å². The van der Waals surface area contributed by atoms with Crippen molar-refractivity contribution in [1.82, 2.24) is 0 Å². The van der Waals surface area contributed by atoms with E-state index < -0.39 is 0 Å². The summed E-state index contributed by atoms with van der Waals surface area (Å²) in [5, 5.41) is 0. The van der Waals surface area contributed by atoms with E-state index in [0.717, 1.165) is 0 Å². The van der Waals surface area contributed by atoms with E-state index in [2.05, 4.69) is 105 Å². The number of allylic oxidation sites excluding steroid dienone is 8. The molecule has 408 valence electrons. The molecule has 0 saturated carbocycles. The maximum atomic E-state index is 3.63. The minimum atomic E-state index is 1.17. The van der Waals surface area contributed by atoms with Crippen molar-refractivity contribution in [1.29, 1.82) is 0 Å². The van der Waals surface area contributed by atoms with E-state index in [9.17, 15) is 0 Å². The summed E-state index contributed by atoms with van der Waals surface area (Å²) in [4.78, 5) is 0. The number of benzene rings is 8. The van der Waals surface area contributed by atoms with Crippen LogP contribution in [0.15, 0.2) is 397 Å². The quantitative estimate of drug-likeness (QED) is 0.107. The molecule has 0 N–H and O–H groups in total. The average Bonchev–Trinajstić information content (AvgIpc) is 3.57.